The van der Waals surface area contributed by atoms with Gasteiger partial charge in [-0.2, -0.15) is 0 Å². The summed E-state index contributed by atoms with van der Waals surface area (Å²) >= 11 is 0. The first-order valence-electron chi connectivity index (χ1n) is 7.34. The highest BCUT2D eigenvalue weighted by Gasteiger charge is 2.53. The zero-order valence-electron chi connectivity index (χ0n) is 13.1. The molecule has 4 nitrogen and oxygen atoms in total. The first kappa shape index (κ1) is 16.0. The maximum atomic E-state index is 12.6. The van der Waals surface area contributed by atoms with Crippen LogP contribution in [-0.2, 0) is 9.53 Å². The number of carbonyl (C=O) groups is 2. The van der Waals surface area contributed by atoms with Crippen LogP contribution in [0.1, 0.15) is 67.2 Å². The molecule has 1 atom stereocenters. The fraction of sp³-hybridized carbons (Fsp3) is 0.867. The van der Waals surface area contributed by atoms with Gasteiger partial charge in [-0.05, 0) is 32.6 Å². The van der Waals surface area contributed by atoms with Gasteiger partial charge >= 0.3 is 6.09 Å². The van der Waals surface area contributed by atoms with Crippen molar-refractivity contribution in [3.8, 4) is 0 Å². The van der Waals surface area contributed by atoms with E-state index in [4.69, 9.17) is 4.74 Å². The van der Waals surface area contributed by atoms with E-state index in [0.29, 0.717) is 0 Å². The Morgan fingerprint density at radius 2 is 1.47 bits per heavy atom. The van der Waals surface area contributed by atoms with Gasteiger partial charge in [-0.15, -0.1) is 0 Å². The summed E-state index contributed by atoms with van der Waals surface area (Å²) in [6.45, 7) is 12.0. The number of ether oxygens (including phenoxy) is 1. The van der Waals surface area contributed by atoms with Crippen LogP contribution in [0.25, 0.3) is 0 Å². The van der Waals surface area contributed by atoms with Gasteiger partial charge in [0.25, 0.3) is 5.91 Å². The van der Waals surface area contributed by atoms with Crippen molar-refractivity contribution >= 4 is 12.0 Å². The molecule has 4 heteroatoms. The Hall–Kier alpha value is -1.06. The number of amides is 2. The van der Waals surface area contributed by atoms with Gasteiger partial charge in [0.2, 0.25) is 0 Å². The van der Waals surface area contributed by atoms with E-state index in [1.54, 1.807) is 0 Å². The van der Waals surface area contributed by atoms with Gasteiger partial charge < -0.3 is 4.74 Å². The number of hydrogen-bond acceptors (Lipinski definition) is 3. The average Bonchev–Trinajstić information content (AvgIpc) is 2.73. The van der Waals surface area contributed by atoms with E-state index < -0.39 is 17.7 Å². The molecule has 1 saturated heterocycles. The molecule has 0 spiro atoms. The summed E-state index contributed by atoms with van der Waals surface area (Å²) in [5.41, 5.74) is -0.713. The molecule has 2 amide bonds. The highest BCUT2D eigenvalue weighted by Crippen LogP contribution is 2.39. The molecule has 0 aliphatic carbocycles. The molecule has 19 heavy (non-hydrogen) atoms. The van der Waals surface area contributed by atoms with E-state index in [2.05, 4.69) is 0 Å². The number of nitrogens with zero attached hydrogens (tertiary/aromatic N) is 1. The predicted molar refractivity (Wildman–Crippen MR) is 74.8 cm³/mol. The Bertz CT molecular complexity index is 356. The van der Waals surface area contributed by atoms with Gasteiger partial charge in [0, 0.05) is 5.41 Å². The summed E-state index contributed by atoms with van der Waals surface area (Å²) in [7, 11) is 0. The molecule has 0 saturated carbocycles. The van der Waals surface area contributed by atoms with Crippen molar-refractivity contribution in [3.63, 3.8) is 0 Å². The van der Waals surface area contributed by atoms with Crippen molar-refractivity contribution in [2.45, 2.75) is 78.9 Å². The second-order valence-electron chi connectivity index (χ2n) is 6.00. The predicted octanol–water partition coefficient (Wildman–Crippen LogP) is 3.74. The standard InChI is InChI=1S/C15H27NO3/c1-7-14(5,8-2)11-12(17)16(13(18)19-11)15(6,9-3)10-4/h11H,7-10H2,1-6H3. The van der Waals surface area contributed by atoms with Crippen LogP contribution in [0.4, 0.5) is 4.79 Å². The monoisotopic (exact) mass is 269 g/mol. The summed E-state index contributed by atoms with van der Waals surface area (Å²) < 4.78 is 5.42. The van der Waals surface area contributed by atoms with Crippen LogP contribution in [0, 0.1) is 5.41 Å². The lowest BCUT2D eigenvalue weighted by Gasteiger charge is -2.35. The Morgan fingerprint density at radius 1 is 1.00 bits per heavy atom. The van der Waals surface area contributed by atoms with E-state index in [9.17, 15) is 9.59 Å². The Kier molecular flexibility index (Phi) is 4.64. The summed E-state index contributed by atoms with van der Waals surface area (Å²) in [6.07, 6.45) is 2.01. The summed E-state index contributed by atoms with van der Waals surface area (Å²) in [4.78, 5) is 26.1. The lowest BCUT2D eigenvalue weighted by atomic mass is 9.78. The van der Waals surface area contributed by atoms with Gasteiger partial charge in [0.1, 0.15) is 0 Å². The molecule has 0 N–H and O–H groups in total. The van der Waals surface area contributed by atoms with Crippen LogP contribution < -0.4 is 0 Å². The van der Waals surface area contributed by atoms with Crippen molar-refractivity contribution in [1.29, 1.82) is 0 Å². The van der Waals surface area contributed by atoms with E-state index in [0.717, 1.165) is 25.7 Å². The summed E-state index contributed by atoms with van der Waals surface area (Å²) in [5.74, 6) is -0.164. The summed E-state index contributed by atoms with van der Waals surface area (Å²) in [5, 5.41) is 0. The molecule has 0 aromatic heterocycles. The first-order valence-corrected chi connectivity index (χ1v) is 7.34. The molecule has 0 bridgehead atoms. The molecule has 1 heterocycles. The number of imide groups is 1. The normalized spacial score (nSPS) is 20.9. The fourth-order valence-electron chi connectivity index (χ4n) is 2.52. The molecule has 0 aromatic rings. The second-order valence-corrected chi connectivity index (χ2v) is 6.00. The number of hydrogen-bond donors (Lipinski definition) is 0. The number of rotatable bonds is 6. The Morgan fingerprint density at radius 3 is 1.84 bits per heavy atom. The van der Waals surface area contributed by atoms with Gasteiger partial charge in [0.05, 0.1) is 5.54 Å². The highest BCUT2D eigenvalue weighted by atomic mass is 16.6. The van der Waals surface area contributed by atoms with Crippen LogP contribution in [0.5, 0.6) is 0 Å². The maximum absolute atomic E-state index is 12.6. The quantitative estimate of drug-likeness (QED) is 0.738. The number of cyclic esters (lactones) is 1. The van der Waals surface area contributed by atoms with E-state index >= 15 is 0 Å². The van der Waals surface area contributed by atoms with Crippen LogP contribution in [0.15, 0.2) is 0 Å². The van der Waals surface area contributed by atoms with Gasteiger partial charge in [0.15, 0.2) is 6.10 Å². The van der Waals surface area contributed by atoms with Crippen molar-refractivity contribution in [1.82, 2.24) is 4.90 Å². The lowest BCUT2D eigenvalue weighted by Crippen LogP contribution is -2.50. The molecule has 1 rings (SSSR count). The van der Waals surface area contributed by atoms with E-state index in [1.807, 2.05) is 41.5 Å². The molecular weight excluding hydrogens is 242 g/mol. The van der Waals surface area contributed by atoms with Crippen LogP contribution in [0.3, 0.4) is 0 Å². The molecule has 1 aliphatic heterocycles. The fourth-order valence-corrected chi connectivity index (χ4v) is 2.52. The van der Waals surface area contributed by atoms with Crippen molar-refractivity contribution < 1.29 is 14.3 Å². The van der Waals surface area contributed by atoms with Gasteiger partial charge in [-0.25, -0.2) is 9.69 Å². The minimum atomic E-state index is -0.632. The SMILES string of the molecule is CCC(C)(CC)C1OC(=O)N(C(C)(CC)CC)C1=O. The van der Waals surface area contributed by atoms with Crippen molar-refractivity contribution in [2.24, 2.45) is 5.41 Å². The second kappa shape index (κ2) is 5.51. The van der Waals surface area contributed by atoms with Crippen LogP contribution in [0.2, 0.25) is 0 Å². The molecule has 1 unspecified atom stereocenters. The average molecular weight is 269 g/mol. The minimum absolute atomic E-state index is 0.164. The largest absolute Gasteiger partial charge is 0.435 e. The molecule has 0 radical (unpaired) electrons. The van der Waals surface area contributed by atoms with Crippen LogP contribution in [-0.4, -0.2) is 28.5 Å². The third-order valence-electron chi connectivity index (χ3n) is 5.16. The maximum Gasteiger partial charge on any atom is 0.417 e. The third kappa shape index (κ3) is 2.49. The van der Waals surface area contributed by atoms with Gasteiger partial charge in [-0.3, -0.25) is 4.79 Å². The zero-order chi connectivity index (χ0) is 14.8. The zero-order valence-corrected chi connectivity index (χ0v) is 13.1. The smallest absolute Gasteiger partial charge is 0.417 e. The van der Waals surface area contributed by atoms with Gasteiger partial charge in [-0.1, -0.05) is 34.6 Å². The van der Waals surface area contributed by atoms with E-state index in [-0.39, 0.29) is 11.3 Å². The Balaban J connectivity index is 3.09. The topological polar surface area (TPSA) is 46.6 Å². The Labute approximate surface area is 116 Å². The highest BCUT2D eigenvalue weighted by molar-refractivity contribution is 6.01. The molecular formula is C15H27NO3. The number of carbonyl (C=O) groups excluding carboxylic acids is 2. The van der Waals surface area contributed by atoms with Crippen LogP contribution >= 0.6 is 0 Å². The molecule has 1 fully saturated rings. The molecule has 0 aromatic carbocycles. The van der Waals surface area contributed by atoms with Crippen molar-refractivity contribution in [3.05, 3.63) is 0 Å². The molecule has 110 valence electrons. The minimum Gasteiger partial charge on any atom is -0.435 e. The molecule has 1 aliphatic rings. The first-order chi connectivity index (χ1) is 8.79. The summed E-state index contributed by atoms with van der Waals surface area (Å²) in [6, 6.07) is 0. The lowest BCUT2D eigenvalue weighted by molar-refractivity contribution is -0.138. The van der Waals surface area contributed by atoms with Crippen molar-refractivity contribution in [2.75, 3.05) is 0 Å². The van der Waals surface area contributed by atoms with E-state index in [1.165, 1.54) is 4.90 Å². The third-order valence-corrected chi connectivity index (χ3v) is 5.16.